The Morgan fingerprint density at radius 2 is 1.65 bits per heavy atom. The fraction of sp³-hybridized carbons (Fsp3) is 0.556. The van der Waals surface area contributed by atoms with E-state index in [1.807, 2.05) is 6.21 Å². The molecule has 2 N–H and O–H groups in total. The molecule has 4 bridgehead atoms. The third kappa shape index (κ3) is 3.55. The van der Waals surface area contributed by atoms with E-state index in [0.717, 1.165) is 23.3 Å². The Kier molecular flexibility index (Phi) is 4.34. The summed E-state index contributed by atoms with van der Waals surface area (Å²) in [6, 6.07) is 8.27. The average molecular weight is 439 g/mol. The van der Waals surface area contributed by atoms with Gasteiger partial charge in [-0.3, -0.25) is 5.43 Å². The second-order valence-electron chi connectivity index (χ2n) is 7.57. The lowest BCUT2D eigenvalue weighted by molar-refractivity contribution is -0.0101. The zero-order chi connectivity index (χ0) is 15.9. The summed E-state index contributed by atoms with van der Waals surface area (Å²) in [6.07, 6.45) is 10.1. The number of thiocarbonyl (C=S) groups is 1. The van der Waals surface area contributed by atoms with E-state index in [4.69, 9.17) is 12.2 Å². The fourth-order valence-corrected chi connectivity index (χ4v) is 5.88. The van der Waals surface area contributed by atoms with Gasteiger partial charge in [0.15, 0.2) is 5.11 Å². The quantitative estimate of drug-likeness (QED) is 0.323. The van der Waals surface area contributed by atoms with Gasteiger partial charge in [-0.2, -0.15) is 5.10 Å². The van der Waals surface area contributed by atoms with Crippen LogP contribution in [0.5, 0.6) is 0 Å². The van der Waals surface area contributed by atoms with Gasteiger partial charge in [-0.25, -0.2) is 0 Å². The molecule has 4 aliphatic rings. The minimum Gasteiger partial charge on any atom is -0.356 e. The van der Waals surface area contributed by atoms with E-state index in [0.29, 0.717) is 5.11 Å². The number of halogens is 1. The molecule has 5 heteroatoms. The third-order valence-corrected chi connectivity index (χ3v) is 6.58. The predicted octanol–water partition coefficient (Wildman–Crippen LogP) is 4.06. The minimum absolute atomic E-state index is 0.247. The molecule has 4 fully saturated rings. The lowest BCUT2D eigenvalue weighted by atomic mass is 9.53. The predicted molar refractivity (Wildman–Crippen MR) is 107 cm³/mol. The first kappa shape index (κ1) is 15.8. The van der Waals surface area contributed by atoms with Crippen molar-refractivity contribution >= 4 is 46.1 Å². The summed E-state index contributed by atoms with van der Waals surface area (Å²) in [6.45, 7) is 0. The van der Waals surface area contributed by atoms with Crippen molar-refractivity contribution in [2.24, 2.45) is 22.9 Å². The first-order valence-electron chi connectivity index (χ1n) is 8.47. The molecule has 4 saturated carbocycles. The standard InChI is InChI=1S/C18H22IN3S/c19-16-3-1-12(2-4-16)11-20-22-17(23)21-18-8-13-5-14(9-18)7-15(6-13)10-18/h1-4,11,13-15H,5-10H2,(H2,21,22,23)/b20-11-. The summed E-state index contributed by atoms with van der Waals surface area (Å²) in [4.78, 5) is 0. The topological polar surface area (TPSA) is 36.4 Å². The molecular formula is C18H22IN3S. The van der Waals surface area contributed by atoms with Crippen molar-refractivity contribution in [3.8, 4) is 0 Å². The van der Waals surface area contributed by atoms with Crippen LogP contribution in [-0.2, 0) is 0 Å². The van der Waals surface area contributed by atoms with E-state index >= 15 is 0 Å². The van der Waals surface area contributed by atoms with Crippen LogP contribution in [0.2, 0.25) is 0 Å². The van der Waals surface area contributed by atoms with Crippen molar-refractivity contribution in [1.29, 1.82) is 0 Å². The smallest absolute Gasteiger partial charge is 0.187 e. The largest absolute Gasteiger partial charge is 0.356 e. The molecule has 0 aromatic heterocycles. The Balaban J connectivity index is 1.34. The van der Waals surface area contributed by atoms with Crippen molar-refractivity contribution in [2.75, 3.05) is 0 Å². The summed E-state index contributed by atoms with van der Waals surface area (Å²) in [5.74, 6) is 2.77. The Morgan fingerprint density at radius 1 is 1.09 bits per heavy atom. The summed E-state index contributed by atoms with van der Waals surface area (Å²) >= 11 is 7.79. The highest BCUT2D eigenvalue weighted by Gasteiger charge is 2.51. The fourth-order valence-electron chi connectivity index (χ4n) is 5.25. The Labute approximate surface area is 156 Å². The van der Waals surface area contributed by atoms with Gasteiger partial charge in [-0.1, -0.05) is 12.1 Å². The van der Waals surface area contributed by atoms with Gasteiger partial charge in [0.2, 0.25) is 0 Å². The van der Waals surface area contributed by atoms with E-state index in [2.05, 4.69) is 62.7 Å². The molecule has 5 rings (SSSR count). The van der Waals surface area contributed by atoms with Gasteiger partial charge in [0.05, 0.1) is 6.21 Å². The third-order valence-electron chi connectivity index (χ3n) is 5.67. The molecule has 1 aromatic carbocycles. The monoisotopic (exact) mass is 439 g/mol. The van der Waals surface area contributed by atoms with Gasteiger partial charge in [0.1, 0.15) is 0 Å². The van der Waals surface area contributed by atoms with Crippen LogP contribution in [0.1, 0.15) is 44.1 Å². The molecule has 0 radical (unpaired) electrons. The SMILES string of the molecule is S=C(N/N=C\c1ccc(I)cc1)NC12CC3CC(CC(C3)C1)C2. The van der Waals surface area contributed by atoms with E-state index < -0.39 is 0 Å². The summed E-state index contributed by atoms with van der Waals surface area (Å²) in [5.41, 5.74) is 4.34. The number of nitrogens with zero attached hydrogens (tertiary/aromatic N) is 1. The molecule has 3 nitrogen and oxygen atoms in total. The van der Waals surface area contributed by atoms with Gasteiger partial charge >= 0.3 is 0 Å². The van der Waals surface area contributed by atoms with Crippen LogP contribution in [-0.4, -0.2) is 16.9 Å². The summed E-state index contributed by atoms with van der Waals surface area (Å²) in [7, 11) is 0. The average Bonchev–Trinajstić information content (AvgIpc) is 2.47. The first-order valence-corrected chi connectivity index (χ1v) is 9.96. The van der Waals surface area contributed by atoms with Crippen LogP contribution in [0.3, 0.4) is 0 Å². The van der Waals surface area contributed by atoms with Crippen LogP contribution in [0.15, 0.2) is 29.4 Å². The molecule has 1 aromatic rings. The zero-order valence-electron chi connectivity index (χ0n) is 13.1. The number of hydrogen-bond donors (Lipinski definition) is 2. The zero-order valence-corrected chi connectivity index (χ0v) is 16.1. The minimum atomic E-state index is 0.247. The van der Waals surface area contributed by atoms with Crippen molar-refractivity contribution in [1.82, 2.24) is 10.7 Å². The summed E-state index contributed by atoms with van der Waals surface area (Å²) in [5, 5.41) is 8.59. The van der Waals surface area contributed by atoms with Crippen LogP contribution in [0, 0.1) is 21.3 Å². The first-order chi connectivity index (χ1) is 11.1. The highest BCUT2D eigenvalue weighted by Crippen LogP contribution is 2.55. The highest BCUT2D eigenvalue weighted by atomic mass is 127. The Hall–Kier alpha value is -0.690. The number of nitrogens with one attached hydrogen (secondary N) is 2. The van der Waals surface area contributed by atoms with Crippen LogP contribution in [0.25, 0.3) is 0 Å². The molecule has 0 atom stereocenters. The van der Waals surface area contributed by atoms with Crippen molar-refractivity contribution in [3.05, 3.63) is 33.4 Å². The van der Waals surface area contributed by atoms with Crippen molar-refractivity contribution in [2.45, 2.75) is 44.1 Å². The number of rotatable bonds is 3. The van der Waals surface area contributed by atoms with Gasteiger partial charge in [0, 0.05) is 9.11 Å². The second kappa shape index (κ2) is 6.31. The van der Waals surface area contributed by atoms with Crippen molar-refractivity contribution in [3.63, 3.8) is 0 Å². The van der Waals surface area contributed by atoms with Gasteiger partial charge < -0.3 is 5.32 Å². The van der Waals surface area contributed by atoms with Crippen molar-refractivity contribution < 1.29 is 0 Å². The molecule has 0 saturated heterocycles. The van der Waals surface area contributed by atoms with Crippen LogP contribution in [0.4, 0.5) is 0 Å². The molecule has 122 valence electrons. The van der Waals surface area contributed by atoms with E-state index in [1.54, 1.807) is 0 Å². The van der Waals surface area contributed by atoms with E-state index in [1.165, 1.54) is 42.1 Å². The lowest BCUT2D eigenvalue weighted by Gasteiger charge is -2.57. The molecule has 4 aliphatic carbocycles. The number of hydrogen-bond acceptors (Lipinski definition) is 2. The van der Waals surface area contributed by atoms with E-state index in [9.17, 15) is 0 Å². The molecule has 0 amide bonds. The second-order valence-corrected chi connectivity index (χ2v) is 9.23. The van der Waals surface area contributed by atoms with E-state index in [-0.39, 0.29) is 5.54 Å². The Bertz CT molecular complexity index is 590. The molecule has 0 aliphatic heterocycles. The maximum Gasteiger partial charge on any atom is 0.187 e. The van der Waals surface area contributed by atoms with Crippen LogP contribution >= 0.6 is 34.8 Å². The maximum atomic E-state index is 5.49. The molecule has 0 spiro atoms. The molecular weight excluding hydrogens is 417 g/mol. The maximum absolute atomic E-state index is 5.49. The number of hydrazone groups is 1. The normalized spacial score (nSPS) is 34.7. The highest BCUT2D eigenvalue weighted by molar-refractivity contribution is 14.1. The summed E-state index contributed by atoms with van der Waals surface area (Å²) < 4.78 is 1.23. The lowest BCUT2D eigenvalue weighted by Crippen LogP contribution is -2.61. The molecule has 0 heterocycles. The Morgan fingerprint density at radius 3 is 2.22 bits per heavy atom. The van der Waals surface area contributed by atoms with Gasteiger partial charge in [0.25, 0.3) is 0 Å². The molecule has 0 unspecified atom stereocenters. The van der Waals surface area contributed by atoms with Gasteiger partial charge in [-0.15, -0.1) is 0 Å². The number of benzene rings is 1. The van der Waals surface area contributed by atoms with Crippen LogP contribution < -0.4 is 10.7 Å². The van der Waals surface area contributed by atoms with Gasteiger partial charge in [-0.05, 0) is 109 Å². The molecule has 23 heavy (non-hydrogen) atoms.